The molecule has 7 nitrogen and oxygen atoms in total. The number of nitro groups is 1. The number of rotatable bonds is 7. The zero-order chi connectivity index (χ0) is 21.2. The van der Waals surface area contributed by atoms with E-state index in [1.807, 2.05) is 27.7 Å². The third-order valence-electron chi connectivity index (χ3n) is 4.85. The molecule has 7 heteroatoms. The van der Waals surface area contributed by atoms with Crippen LogP contribution in [0.1, 0.15) is 66.9 Å². The highest BCUT2D eigenvalue weighted by Crippen LogP contribution is 2.35. The van der Waals surface area contributed by atoms with Gasteiger partial charge in [0.25, 0.3) is 5.69 Å². The van der Waals surface area contributed by atoms with E-state index in [2.05, 4.69) is 5.10 Å². The topological polar surface area (TPSA) is 87.3 Å². The fourth-order valence-electron chi connectivity index (χ4n) is 3.22. The van der Waals surface area contributed by atoms with Gasteiger partial charge < -0.3 is 4.74 Å². The molecule has 0 radical (unpaired) electrons. The molecule has 2 rings (SSSR count). The molecule has 0 aliphatic carbocycles. The fourth-order valence-corrected chi connectivity index (χ4v) is 3.22. The van der Waals surface area contributed by atoms with Crippen LogP contribution in [0.15, 0.2) is 17.7 Å². The monoisotopic (exact) mass is 385 g/mol. The molecule has 0 aliphatic rings. The van der Waals surface area contributed by atoms with Gasteiger partial charge in [0.2, 0.25) is 11.7 Å². The molecule has 0 unspecified atom stereocenters. The van der Waals surface area contributed by atoms with E-state index in [9.17, 15) is 14.9 Å². The Kier molecular flexibility index (Phi) is 6.38. The number of nitro benzene ring substituents is 1. The molecule has 0 spiro atoms. The standard InChI is InChI=1S/C21H27N3O4/c1-8-11-28-21-19(15(6)22-23(21)7)20(25)16-9-10-17(24(26)27)18(14(16)5)13(4)12(2)3/h9-10H,8,11H2,1-7H3. The van der Waals surface area contributed by atoms with Gasteiger partial charge in [-0.2, -0.15) is 5.10 Å². The zero-order valence-corrected chi connectivity index (χ0v) is 17.5. The Bertz CT molecular complexity index is 967. The average Bonchev–Trinajstić information content (AvgIpc) is 2.91. The number of carbonyl (C=O) groups is 1. The first-order valence-corrected chi connectivity index (χ1v) is 9.25. The van der Waals surface area contributed by atoms with Crippen LogP contribution < -0.4 is 4.74 Å². The van der Waals surface area contributed by atoms with Gasteiger partial charge in [0.15, 0.2) is 0 Å². The normalized spacial score (nSPS) is 10.7. The molecule has 0 bridgehead atoms. The highest BCUT2D eigenvalue weighted by molar-refractivity contribution is 6.12. The third kappa shape index (κ3) is 3.83. The zero-order valence-electron chi connectivity index (χ0n) is 17.5. The Labute approximate surface area is 165 Å². The van der Waals surface area contributed by atoms with Crippen molar-refractivity contribution in [2.24, 2.45) is 7.05 Å². The van der Waals surface area contributed by atoms with Crippen molar-refractivity contribution < 1.29 is 14.5 Å². The number of hydrogen-bond donors (Lipinski definition) is 0. The number of nitrogens with zero attached hydrogens (tertiary/aromatic N) is 3. The Hall–Kier alpha value is -2.96. The maximum Gasteiger partial charge on any atom is 0.277 e. The number of benzene rings is 1. The molecule has 0 saturated carbocycles. The van der Waals surface area contributed by atoms with Crippen molar-refractivity contribution in [1.82, 2.24) is 9.78 Å². The van der Waals surface area contributed by atoms with Crippen molar-refractivity contribution >= 4 is 17.0 Å². The van der Waals surface area contributed by atoms with Crippen molar-refractivity contribution in [2.45, 2.75) is 48.0 Å². The Balaban J connectivity index is 2.71. The first-order chi connectivity index (χ1) is 13.1. The molecule has 0 fully saturated rings. The van der Waals surface area contributed by atoms with Gasteiger partial charge in [-0.1, -0.05) is 12.5 Å². The summed E-state index contributed by atoms with van der Waals surface area (Å²) in [5, 5.41) is 15.9. The minimum absolute atomic E-state index is 0.00175. The summed E-state index contributed by atoms with van der Waals surface area (Å²) in [6, 6.07) is 2.92. The molecule has 1 aromatic heterocycles. The lowest BCUT2D eigenvalue weighted by atomic mass is 9.90. The molecule has 28 heavy (non-hydrogen) atoms. The molecular weight excluding hydrogens is 358 g/mol. The van der Waals surface area contributed by atoms with Crippen LogP contribution in [-0.2, 0) is 7.05 Å². The molecule has 150 valence electrons. The second kappa shape index (κ2) is 8.37. The molecule has 2 aromatic rings. The fraction of sp³-hybridized carbons (Fsp3) is 0.429. The van der Waals surface area contributed by atoms with E-state index < -0.39 is 4.92 Å². The summed E-state index contributed by atoms with van der Waals surface area (Å²) in [6.45, 7) is 11.6. The Morgan fingerprint density at radius 3 is 2.39 bits per heavy atom. The van der Waals surface area contributed by atoms with Gasteiger partial charge in [-0.3, -0.25) is 14.9 Å². The van der Waals surface area contributed by atoms with Gasteiger partial charge in [0.1, 0.15) is 5.56 Å². The molecule has 0 saturated heterocycles. The lowest BCUT2D eigenvalue weighted by molar-refractivity contribution is -0.385. The predicted molar refractivity (Wildman–Crippen MR) is 109 cm³/mol. The Morgan fingerprint density at radius 1 is 1.21 bits per heavy atom. The number of carbonyl (C=O) groups excluding carboxylic acids is 1. The van der Waals surface area contributed by atoms with Crippen LogP contribution in [0.3, 0.4) is 0 Å². The molecule has 1 heterocycles. The first kappa shape index (κ1) is 21.3. The minimum Gasteiger partial charge on any atom is -0.477 e. The molecular formula is C21H27N3O4. The number of allylic oxidation sites excluding steroid dienone is 2. The van der Waals surface area contributed by atoms with E-state index in [0.717, 1.165) is 17.6 Å². The molecule has 0 amide bonds. The quantitative estimate of drug-likeness (QED) is 0.389. The lowest BCUT2D eigenvalue weighted by Gasteiger charge is -2.14. The summed E-state index contributed by atoms with van der Waals surface area (Å²) in [6.07, 6.45) is 0.804. The largest absolute Gasteiger partial charge is 0.477 e. The van der Waals surface area contributed by atoms with Crippen molar-refractivity contribution in [3.05, 3.63) is 55.8 Å². The molecule has 0 atom stereocenters. The van der Waals surface area contributed by atoms with E-state index in [1.165, 1.54) is 12.1 Å². The lowest BCUT2D eigenvalue weighted by Crippen LogP contribution is -2.11. The van der Waals surface area contributed by atoms with Crippen molar-refractivity contribution in [3.8, 4) is 5.88 Å². The van der Waals surface area contributed by atoms with Crippen molar-refractivity contribution in [3.63, 3.8) is 0 Å². The number of aryl methyl sites for hydroxylation is 2. The van der Waals surface area contributed by atoms with Gasteiger partial charge >= 0.3 is 0 Å². The van der Waals surface area contributed by atoms with Crippen LogP contribution >= 0.6 is 0 Å². The van der Waals surface area contributed by atoms with E-state index in [0.29, 0.717) is 40.4 Å². The number of ether oxygens (including phenoxy) is 1. The SMILES string of the molecule is CCCOc1c(C(=O)c2ccc([N+](=O)[O-])c(C(C)=C(C)C)c2C)c(C)nn1C. The third-order valence-corrected chi connectivity index (χ3v) is 4.85. The highest BCUT2D eigenvalue weighted by atomic mass is 16.6. The van der Waals surface area contributed by atoms with Gasteiger partial charge in [-0.25, -0.2) is 4.68 Å². The van der Waals surface area contributed by atoms with Crippen LogP contribution in [-0.4, -0.2) is 27.1 Å². The maximum absolute atomic E-state index is 13.4. The molecule has 0 aliphatic heterocycles. The Morgan fingerprint density at radius 2 is 1.86 bits per heavy atom. The van der Waals surface area contributed by atoms with Crippen molar-refractivity contribution in [2.75, 3.05) is 6.61 Å². The van der Waals surface area contributed by atoms with Gasteiger partial charge in [0.05, 0.1) is 22.8 Å². The highest BCUT2D eigenvalue weighted by Gasteiger charge is 2.28. The van der Waals surface area contributed by atoms with E-state index in [-0.39, 0.29) is 11.5 Å². The number of ketones is 1. The second-order valence-electron chi connectivity index (χ2n) is 7.08. The van der Waals surface area contributed by atoms with Gasteiger partial charge in [-0.05, 0) is 58.2 Å². The van der Waals surface area contributed by atoms with Gasteiger partial charge in [-0.15, -0.1) is 0 Å². The van der Waals surface area contributed by atoms with Crippen molar-refractivity contribution in [1.29, 1.82) is 0 Å². The average molecular weight is 385 g/mol. The van der Waals surface area contributed by atoms with E-state index in [4.69, 9.17) is 4.74 Å². The summed E-state index contributed by atoms with van der Waals surface area (Å²) in [5.74, 6) is 0.175. The van der Waals surface area contributed by atoms with E-state index in [1.54, 1.807) is 25.6 Å². The predicted octanol–water partition coefficient (Wildman–Crippen LogP) is 4.78. The van der Waals surface area contributed by atoms with Crippen LogP contribution in [0.4, 0.5) is 5.69 Å². The summed E-state index contributed by atoms with van der Waals surface area (Å²) < 4.78 is 7.32. The minimum atomic E-state index is -0.409. The summed E-state index contributed by atoms with van der Waals surface area (Å²) in [7, 11) is 1.73. The maximum atomic E-state index is 13.4. The van der Waals surface area contributed by atoms with Crippen LogP contribution in [0, 0.1) is 24.0 Å². The van der Waals surface area contributed by atoms with E-state index >= 15 is 0 Å². The smallest absolute Gasteiger partial charge is 0.277 e. The number of hydrogen-bond acceptors (Lipinski definition) is 5. The first-order valence-electron chi connectivity index (χ1n) is 9.25. The van der Waals surface area contributed by atoms with Crippen LogP contribution in [0.5, 0.6) is 5.88 Å². The summed E-state index contributed by atoms with van der Waals surface area (Å²) in [4.78, 5) is 24.5. The number of aromatic nitrogens is 2. The molecule has 1 aromatic carbocycles. The summed E-state index contributed by atoms with van der Waals surface area (Å²) in [5.41, 5.74) is 4.21. The second-order valence-corrected chi connectivity index (χ2v) is 7.08. The van der Waals surface area contributed by atoms with Gasteiger partial charge in [0, 0.05) is 18.7 Å². The van der Waals surface area contributed by atoms with Crippen LogP contribution in [0.2, 0.25) is 0 Å². The van der Waals surface area contributed by atoms with Crippen LogP contribution in [0.25, 0.3) is 5.57 Å². The molecule has 0 N–H and O–H groups in total. The summed E-state index contributed by atoms with van der Waals surface area (Å²) >= 11 is 0.